The lowest BCUT2D eigenvalue weighted by Crippen LogP contribution is -2.07. The van der Waals surface area contributed by atoms with E-state index in [4.69, 9.17) is 9.97 Å². The van der Waals surface area contributed by atoms with Crippen LogP contribution in [0.25, 0.3) is 94.5 Å². The third kappa shape index (κ3) is 5.77. The molecule has 1 aliphatic rings. The van der Waals surface area contributed by atoms with Crippen LogP contribution in [0.4, 0.5) is 0 Å². The number of hydrogen-bond acceptors (Lipinski definition) is 3. The highest BCUT2D eigenvalue weighted by Gasteiger charge is 2.21. The Balaban J connectivity index is 1.07. The SMILES string of the molecule is CC1C=Cc2c(-c3ccc(-c4nc(-c5ccccc5)c5ccccc5n4)cc3)ccc(-c3cc(C#N)cc(-c4cc5ccccc5c5ccccc45)c3)c2C1. The standard InChI is InChI=1S/C52H35N3/c1-33-19-24-46-42(35-20-22-37(23-21-35)52-54-50-18-10-9-17-47(50)51(55-52)36-11-3-2-4-12-36)25-26-43(49(46)27-33)39-28-34(32-53)29-40(30-39)48-31-38-13-5-6-14-41(38)44-15-7-8-16-45(44)48/h2-26,28-31,33H,27H2,1H3. The molecule has 0 N–H and O–H groups in total. The first-order valence-electron chi connectivity index (χ1n) is 18.8. The van der Waals surface area contributed by atoms with Crippen LogP contribution < -0.4 is 0 Å². The van der Waals surface area contributed by atoms with Crippen LogP contribution in [0.2, 0.25) is 0 Å². The van der Waals surface area contributed by atoms with Crippen LogP contribution in [-0.2, 0) is 6.42 Å². The molecule has 0 aliphatic heterocycles. The van der Waals surface area contributed by atoms with E-state index in [0.717, 1.165) is 56.4 Å². The van der Waals surface area contributed by atoms with Crippen molar-refractivity contribution in [1.29, 1.82) is 5.26 Å². The lowest BCUT2D eigenvalue weighted by Gasteiger charge is -2.23. The Morgan fingerprint density at radius 1 is 0.527 bits per heavy atom. The molecule has 55 heavy (non-hydrogen) atoms. The van der Waals surface area contributed by atoms with Gasteiger partial charge >= 0.3 is 0 Å². The van der Waals surface area contributed by atoms with Gasteiger partial charge in [-0.05, 0) is 109 Å². The van der Waals surface area contributed by atoms with Crippen molar-refractivity contribution >= 4 is 38.5 Å². The number of nitrogens with zero attached hydrogens (tertiary/aromatic N) is 3. The van der Waals surface area contributed by atoms with Gasteiger partial charge in [-0.1, -0.05) is 153 Å². The number of aromatic nitrogens is 2. The number of fused-ring (bicyclic) bond motifs is 5. The molecule has 0 fully saturated rings. The summed E-state index contributed by atoms with van der Waals surface area (Å²) >= 11 is 0. The molecule has 1 atom stereocenters. The Morgan fingerprint density at radius 3 is 1.98 bits per heavy atom. The number of para-hydroxylation sites is 1. The van der Waals surface area contributed by atoms with Gasteiger partial charge in [-0.2, -0.15) is 5.26 Å². The normalized spacial score (nSPS) is 13.6. The minimum absolute atomic E-state index is 0.399. The summed E-state index contributed by atoms with van der Waals surface area (Å²) in [7, 11) is 0. The third-order valence-corrected chi connectivity index (χ3v) is 11.0. The van der Waals surface area contributed by atoms with Crippen molar-refractivity contribution in [1.82, 2.24) is 9.97 Å². The maximum atomic E-state index is 10.3. The van der Waals surface area contributed by atoms with Gasteiger partial charge in [0.2, 0.25) is 0 Å². The van der Waals surface area contributed by atoms with Crippen molar-refractivity contribution in [2.75, 3.05) is 0 Å². The molecule has 1 aromatic heterocycles. The quantitative estimate of drug-likeness (QED) is 0.168. The van der Waals surface area contributed by atoms with E-state index in [1.807, 2.05) is 42.5 Å². The molecule has 3 heteroatoms. The van der Waals surface area contributed by atoms with E-state index in [9.17, 15) is 5.26 Å². The molecule has 3 nitrogen and oxygen atoms in total. The average Bonchev–Trinajstić information content (AvgIpc) is 3.25. The van der Waals surface area contributed by atoms with Crippen LogP contribution in [0.3, 0.4) is 0 Å². The summed E-state index contributed by atoms with van der Waals surface area (Å²) in [5, 5.41) is 16.2. The van der Waals surface area contributed by atoms with Crippen molar-refractivity contribution < 1.29 is 0 Å². The van der Waals surface area contributed by atoms with Crippen molar-refractivity contribution in [3.05, 3.63) is 187 Å². The summed E-state index contributed by atoms with van der Waals surface area (Å²) in [4.78, 5) is 10.1. The topological polar surface area (TPSA) is 49.6 Å². The van der Waals surface area contributed by atoms with E-state index in [-0.39, 0.29) is 0 Å². The van der Waals surface area contributed by atoms with E-state index in [0.29, 0.717) is 17.3 Å². The molecule has 0 amide bonds. The molecule has 258 valence electrons. The van der Waals surface area contributed by atoms with Crippen LogP contribution in [0.5, 0.6) is 0 Å². The van der Waals surface area contributed by atoms with Crippen LogP contribution >= 0.6 is 0 Å². The molecule has 9 aromatic rings. The van der Waals surface area contributed by atoms with Crippen molar-refractivity contribution in [3.8, 4) is 62.1 Å². The highest BCUT2D eigenvalue weighted by Crippen LogP contribution is 2.42. The number of rotatable bonds is 5. The Hall–Kier alpha value is -7.15. The number of nitriles is 1. The maximum absolute atomic E-state index is 10.3. The molecule has 0 radical (unpaired) electrons. The van der Waals surface area contributed by atoms with Crippen molar-refractivity contribution in [3.63, 3.8) is 0 Å². The molecule has 0 spiro atoms. The highest BCUT2D eigenvalue weighted by atomic mass is 14.9. The van der Waals surface area contributed by atoms with Gasteiger partial charge in [-0.25, -0.2) is 9.97 Å². The van der Waals surface area contributed by atoms with Gasteiger partial charge in [-0.3, -0.25) is 0 Å². The Kier molecular flexibility index (Phi) is 7.90. The first kappa shape index (κ1) is 32.5. The van der Waals surface area contributed by atoms with Gasteiger partial charge < -0.3 is 0 Å². The van der Waals surface area contributed by atoms with Gasteiger partial charge in [0.05, 0.1) is 22.8 Å². The minimum Gasteiger partial charge on any atom is -0.228 e. The summed E-state index contributed by atoms with van der Waals surface area (Å²) in [6.07, 6.45) is 5.53. The second-order valence-corrected chi connectivity index (χ2v) is 14.6. The minimum atomic E-state index is 0.399. The Morgan fingerprint density at radius 2 is 1.18 bits per heavy atom. The van der Waals surface area contributed by atoms with Gasteiger partial charge in [0.15, 0.2) is 5.82 Å². The molecule has 10 rings (SSSR count). The lowest BCUT2D eigenvalue weighted by molar-refractivity contribution is 0.719. The van der Waals surface area contributed by atoms with Crippen LogP contribution in [0.1, 0.15) is 23.6 Å². The van der Waals surface area contributed by atoms with Gasteiger partial charge in [0.25, 0.3) is 0 Å². The molecule has 0 saturated carbocycles. The van der Waals surface area contributed by atoms with Crippen LogP contribution in [-0.4, -0.2) is 9.97 Å². The van der Waals surface area contributed by atoms with E-state index in [1.54, 1.807) is 0 Å². The number of allylic oxidation sites excluding steroid dienone is 1. The summed E-state index contributed by atoms with van der Waals surface area (Å²) in [6.45, 7) is 2.27. The van der Waals surface area contributed by atoms with Gasteiger partial charge in [0.1, 0.15) is 0 Å². The fourth-order valence-corrected chi connectivity index (χ4v) is 8.36. The lowest BCUT2D eigenvalue weighted by atomic mass is 9.81. The number of benzene rings is 8. The summed E-state index contributed by atoms with van der Waals surface area (Å²) in [5.74, 6) is 1.11. The fraction of sp³-hybridized carbons (Fsp3) is 0.0577. The zero-order valence-electron chi connectivity index (χ0n) is 30.4. The van der Waals surface area contributed by atoms with Gasteiger partial charge in [0, 0.05) is 16.5 Å². The molecule has 0 bridgehead atoms. The Bertz CT molecular complexity index is 3020. The summed E-state index contributed by atoms with van der Waals surface area (Å²) in [6, 6.07) is 60.0. The zero-order valence-corrected chi connectivity index (χ0v) is 30.4. The Labute approximate surface area is 320 Å². The number of hydrogen-bond donors (Lipinski definition) is 0. The molecular formula is C52H35N3. The summed E-state index contributed by atoms with van der Waals surface area (Å²) < 4.78 is 0. The van der Waals surface area contributed by atoms with Gasteiger partial charge in [-0.15, -0.1) is 0 Å². The molecule has 8 aromatic carbocycles. The average molecular weight is 702 g/mol. The van der Waals surface area contributed by atoms with E-state index in [2.05, 4.69) is 146 Å². The van der Waals surface area contributed by atoms with E-state index < -0.39 is 0 Å². The molecular weight excluding hydrogens is 667 g/mol. The van der Waals surface area contributed by atoms with E-state index in [1.165, 1.54) is 43.8 Å². The van der Waals surface area contributed by atoms with Crippen molar-refractivity contribution in [2.24, 2.45) is 5.92 Å². The van der Waals surface area contributed by atoms with E-state index >= 15 is 0 Å². The predicted octanol–water partition coefficient (Wildman–Crippen LogP) is 13.3. The third-order valence-electron chi connectivity index (χ3n) is 11.0. The fourth-order valence-electron chi connectivity index (χ4n) is 8.36. The molecule has 0 saturated heterocycles. The predicted molar refractivity (Wildman–Crippen MR) is 228 cm³/mol. The highest BCUT2D eigenvalue weighted by molar-refractivity contribution is 6.14. The molecule has 1 unspecified atom stereocenters. The second kappa shape index (κ2) is 13.4. The zero-order chi connectivity index (χ0) is 36.9. The monoisotopic (exact) mass is 701 g/mol. The largest absolute Gasteiger partial charge is 0.228 e. The summed E-state index contributed by atoms with van der Waals surface area (Å²) in [5.41, 5.74) is 13.9. The van der Waals surface area contributed by atoms with Crippen LogP contribution in [0.15, 0.2) is 170 Å². The second-order valence-electron chi connectivity index (χ2n) is 14.6. The van der Waals surface area contributed by atoms with Crippen LogP contribution in [0, 0.1) is 17.2 Å². The molecule has 1 heterocycles. The van der Waals surface area contributed by atoms with Crippen molar-refractivity contribution in [2.45, 2.75) is 13.3 Å². The first-order valence-corrected chi connectivity index (χ1v) is 18.8. The molecule has 1 aliphatic carbocycles. The first-order chi connectivity index (χ1) is 27.1. The smallest absolute Gasteiger partial charge is 0.160 e. The maximum Gasteiger partial charge on any atom is 0.160 e.